The van der Waals surface area contributed by atoms with Crippen LogP contribution in [0.3, 0.4) is 0 Å². The third kappa shape index (κ3) is 3.02. The number of furan rings is 1. The number of halogens is 1. The van der Waals surface area contributed by atoms with E-state index in [1.807, 2.05) is 12.1 Å². The summed E-state index contributed by atoms with van der Waals surface area (Å²) in [6.07, 6.45) is 3.66. The number of hydrogen-bond acceptors (Lipinski definition) is 5. The van der Waals surface area contributed by atoms with Gasteiger partial charge in [0.15, 0.2) is 0 Å². The third-order valence-electron chi connectivity index (χ3n) is 7.50. The van der Waals surface area contributed by atoms with E-state index in [2.05, 4.69) is 47.2 Å². The van der Waals surface area contributed by atoms with Gasteiger partial charge in [-0.05, 0) is 58.5 Å². The minimum atomic E-state index is -0.590. The maximum Gasteiger partial charge on any atom is 0.366 e. The highest BCUT2D eigenvalue weighted by Crippen LogP contribution is 2.71. The molecule has 1 aromatic heterocycles. The van der Waals surface area contributed by atoms with Crippen molar-refractivity contribution in [1.29, 1.82) is 0 Å². The van der Waals surface area contributed by atoms with Crippen LogP contribution in [0.5, 0.6) is 0 Å². The van der Waals surface area contributed by atoms with Crippen LogP contribution in [0, 0.1) is 16.2 Å². The Morgan fingerprint density at radius 3 is 2.63 bits per heavy atom. The number of oxime groups is 1. The summed E-state index contributed by atoms with van der Waals surface area (Å²) in [6, 6.07) is 10.7. The van der Waals surface area contributed by atoms with Crippen molar-refractivity contribution in [1.82, 2.24) is 5.32 Å². The van der Waals surface area contributed by atoms with Crippen molar-refractivity contribution >= 4 is 33.5 Å². The monoisotopic (exact) mass is 472 g/mol. The van der Waals surface area contributed by atoms with Crippen LogP contribution in [0.4, 0.5) is 0 Å². The summed E-state index contributed by atoms with van der Waals surface area (Å²) >= 11 is 3.36. The summed E-state index contributed by atoms with van der Waals surface area (Å²) in [5.41, 5.74) is -0.0466. The maximum atomic E-state index is 13.3. The second-order valence-electron chi connectivity index (χ2n) is 8.87. The number of nitrogens with one attached hydrogen (secondary N) is 1. The zero-order chi connectivity index (χ0) is 21.6. The Labute approximate surface area is 184 Å². The van der Waals surface area contributed by atoms with Gasteiger partial charge in [-0.1, -0.05) is 38.1 Å². The number of rotatable bonds is 5. The van der Waals surface area contributed by atoms with Gasteiger partial charge in [-0.25, -0.2) is 4.79 Å². The molecule has 4 rings (SSSR count). The van der Waals surface area contributed by atoms with E-state index in [1.165, 1.54) is 0 Å². The Morgan fingerprint density at radius 2 is 1.93 bits per heavy atom. The van der Waals surface area contributed by atoms with Crippen molar-refractivity contribution in [3.63, 3.8) is 0 Å². The van der Waals surface area contributed by atoms with Gasteiger partial charge in [-0.2, -0.15) is 0 Å². The molecule has 0 radical (unpaired) electrons. The molecule has 1 heterocycles. The predicted molar refractivity (Wildman–Crippen MR) is 116 cm³/mol. The Balaban J connectivity index is 1.55. The van der Waals surface area contributed by atoms with Crippen molar-refractivity contribution in [2.45, 2.75) is 46.6 Å². The van der Waals surface area contributed by atoms with Crippen LogP contribution < -0.4 is 5.32 Å². The molecule has 2 aliphatic carbocycles. The fourth-order valence-corrected chi connectivity index (χ4v) is 5.49. The van der Waals surface area contributed by atoms with E-state index < -0.39 is 11.4 Å². The summed E-state index contributed by atoms with van der Waals surface area (Å²) in [6.45, 7) is 6.70. The van der Waals surface area contributed by atoms with E-state index >= 15 is 0 Å². The maximum absolute atomic E-state index is 13.3. The molecule has 6 nitrogen and oxygen atoms in total. The van der Waals surface area contributed by atoms with Crippen molar-refractivity contribution in [2.24, 2.45) is 21.4 Å². The molecule has 1 amide bonds. The van der Waals surface area contributed by atoms with E-state index in [9.17, 15) is 9.59 Å². The molecule has 2 atom stereocenters. The average Bonchev–Trinajstić information content (AvgIpc) is 3.35. The van der Waals surface area contributed by atoms with Gasteiger partial charge in [0.1, 0.15) is 5.76 Å². The lowest BCUT2D eigenvalue weighted by molar-refractivity contribution is -0.136. The molecule has 7 heteroatoms. The van der Waals surface area contributed by atoms with Crippen LogP contribution >= 0.6 is 15.9 Å². The summed E-state index contributed by atoms with van der Waals surface area (Å²) in [4.78, 5) is 31.1. The van der Waals surface area contributed by atoms with Gasteiger partial charge >= 0.3 is 5.97 Å². The van der Waals surface area contributed by atoms with Gasteiger partial charge in [-0.3, -0.25) is 4.79 Å². The Hall–Kier alpha value is -2.41. The number of carbonyl (C=O) groups is 2. The van der Waals surface area contributed by atoms with Crippen LogP contribution in [0.2, 0.25) is 0 Å². The van der Waals surface area contributed by atoms with Crippen molar-refractivity contribution in [2.75, 3.05) is 0 Å². The van der Waals surface area contributed by atoms with E-state index in [1.54, 1.807) is 30.5 Å². The van der Waals surface area contributed by atoms with E-state index in [0.717, 1.165) is 18.6 Å². The molecule has 1 N–H and O–H groups in total. The molecule has 2 unspecified atom stereocenters. The SMILES string of the molecule is CC12CCC(C(=O)NCc3ccco3)(C/C1=N\OC(=O)c1ccccc1Br)C2(C)C. The van der Waals surface area contributed by atoms with E-state index in [4.69, 9.17) is 9.25 Å². The molecular weight excluding hydrogens is 448 g/mol. The quantitative estimate of drug-likeness (QED) is 0.485. The zero-order valence-electron chi connectivity index (χ0n) is 17.3. The lowest BCUT2D eigenvalue weighted by atomic mass is 9.64. The Morgan fingerprint density at radius 1 is 1.17 bits per heavy atom. The lowest BCUT2D eigenvalue weighted by Gasteiger charge is -2.39. The minimum Gasteiger partial charge on any atom is -0.467 e. The van der Waals surface area contributed by atoms with Gasteiger partial charge in [0.05, 0.1) is 29.5 Å². The zero-order valence-corrected chi connectivity index (χ0v) is 18.9. The van der Waals surface area contributed by atoms with Gasteiger partial charge < -0.3 is 14.6 Å². The number of fused-ring (bicyclic) bond motifs is 2. The van der Waals surface area contributed by atoms with Crippen LogP contribution in [-0.2, 0) is 16.2 Å². The standard InChI is InChI=1S/C23H25BrN2O4/c1-21(2)22(3)10-11-23(21,20(28)25-14-15-7-6-12-29-15)13-18(22)26-30-19(27)16-8-4-5-9-17(16)24/h4-9,12H,10-11,13-14H2,1-3H3,(H,25,28)/b26-18+. The van der Waals surface area contributed by atoms with Crippen molar-refractivity contribution in [3.05, 3.63) is 58.5 Å². The topological polar surface area (TPSA) is 80.9 Å². The molecule has 2 saturated carbocycles. The molecular formula is C23H25BrN2O4. The summed E-state index contributed by atoms with van der Waals surface area (Å²) < 4.78 is 5.99. The van der Waals surface area contributed by atoms with Gasteiger partial charge in [-0.15, -0.1) is 0 Å². The largest absolute Gasteiger partial charge is 0.467 e. The highest BCUT2D eigenvalue weighted by Gasteiger charge is 2.71. The Bertz CT molecular complexity index is 1010. The normalized spacial score (nSPS) is 27.9. The number of hydrogen-bond donors (Lipinski definition) is 1. The first kappa shape index (κ1) is 20.8. The first-order chi connectivity index (χ1) is 14.2. The smallest absolute Gasteiger partial charge is 0.366 e. The van der Waals surface area contributed by atoms with Gasteiger partial charge in [0.2, 0.25) is 5.91 Å². The number of carbonyl (C=O) groups excluding carboxylic acids is 2. The highest BCUT2D eigenvalue weighted by atomic mass is 79.9. The molecule has 0 saturated heterocycles. The molecule has 2 fully saturated rings. The van der Waals surface area contributed by atoms with Crippen LogP contribution in [-0.4, -0.2) is 17.6 Å². The lowest BCUT2D eigenvalue weighted by Crippen LogP contribution is -2.46. The van der Waals surface area contributed by atoms with Crippen LogP contribution in [0.15, 0.2) is 56.7 Å². The van der Waals surface area contributed by atoms with Crippen LogP contribution in [0.25, 0.3) is 0 Å². The highest BCUT2D eigenvalue weighted by molar-refractivity contribution is 9.10. The summed E-state index contributed by atoms with van der Waals surface area (Å²) in [7, 11) is 0. The summed E-state index contributed by atoms with van der Waals surface area (Å²) in [5, 5.41) is 7.31. The predicted octanol–water partition coefficient (Wildman–Crippen LogP) is 5.09. The fraction of sp³-hybridized carbons (Fsp3) is 0.435. The van der Waals surface area contributed by atoms with E-state index in [0.29, 0.717) is 28.8 Å². The van der Waals surface area contributed by atoms with E-state index in [-0.39, 0.29) is 16.7 Å². The molecule has 158 valence electrons. The van der Waals surface area contributed by atoms with Crippen molar-refractivity contribution < 1.29 is 18.8 Å². The van der Waals surface area contributed by atoms with Gasteiger partial charge in [0, 0.05) is 16.3 Å². The average molecular weight is 473 g/mol. The molecule has 1 aromatic carbocycles. The molecule has 0 aliphatic heterocycles. The first-order valence-corrected chi connectivity index (χ1v) is 10.8. The van der Waals surface area contributed by atoms with Crippen LogP contribution in [0.1, 0.15) is 56.2 Å². The second kappa shape index (κ2) is 7.38. The Kier molecular flexibility index (Phi) is 5.12. The molecule has 2 bridgehead atoms. The second-order valence-corrected chi connectivity index (χ2v) is 9.73. The molecule has 2 aromatic rings. The fourth-order valence-electron chi connectivity index (χ4n) is 5.04. The first-order valence-electron chi connectivity index (χ1n) is 10.1. The van der Waals surface area contributed by atoms with Gasteiger partial charge in [0.25, 0.3) is 0 Å². The summed E-state index contributed by atoms with van der Waals surface area (Å²) in [5.74, 6) is 0.193. The molecule has 2 aliphatic rings. The third-order valence-corrected chi connectivity index (χ3v) is 8.20. The molecule has 30 heavy (non-hydrogen) atoms. The number of nitrogens with zero attached hydrogens (tertiary/aromatic N) is 1. The van der Waals surface area contributed by atoms with Crippen molar-refractivity contribution in [3.8, 4) is 0 Å². The molecule has 0 spiro atoms. The number of amides is 1. The minimum absolute atomic E-state index is 0.00467. The number of benzene rings is 1.